The maximum Gasteiger partial charge on any atom is 0.407 e. The fourth-order valence-corrected chi connectivity index (χ4v) is 2.23. The minimum absolute atomic E-state index is 0.0577. The second-order valence-electron chi connectivity index (χ2n) is 4.72. The number of nitrogens with zero attached hydrogens (tertiary/aromatic N) is 1. The van der Waals surface area contributed by atoms with Crippen LogP contribution in [-0.2, 0) is 4.74 Å². The van der Waals surface area contributed by atoms with Crippen LogP contribution in [-0.4, -0.2) is 43.3 Å². The molecule has 20 heavy (non-hydrogen) atoms. The Hall–Kier alpha value is -2.24. The Balaban J connectivity index is 1.88. The van der Waals surface area contributed by atoms with E-state index in [2.05, 4.69) is 15.4 Å². The van der Waals surface area contributed by atoms with Crippen LogP contribution in [0.25, 0.3) is 0 Å². The lowest BCUT2D eigenvalue weighted by Crippen LogP contribution is -2.50. The van der Waals surface area contributed by atoms with Crippen LogP contribution in [0.3, 0.4) is 0 Å². The summed E-state index contributed by atoms with van der Waals surface area (Å²) in [6.45, 7) is 1.19. The van der Waals surface area contributed by atoms with Crippen LogP contribution in [0, 0.1) is 0 Å². The molecule has 108 valence electrons. The van der Waals surface area contributed by atoms with Crippen molar-refractivity contribution in [3.8, 4) is 0 Å². The van der Waals surface area contributed by atoms with Crippen molar-refractivity contribution in [1.82, 2.24) is 10.2 Å². The number of hydrogen-bond acceptors (Lipinski definition) is 3. The average molecular weight is 277 g/mol. The number of likely N-dealkylation sites (tertiary alicyclic amines) is 1. The third-order valence-electron chi connectivity index (χ3n) is 3.24. The summed E-state index contributed by atoms with van der Waals surface area (Å²) < 4.78 is 4.58. The molecule has 1 aliphatic rings. The van der Waals surface area contributed by atoms with Crippen LogP contribution in [0.2, 0.25) is 0 Å². The molecule has 1 saturated heterocycles. The molecule has 0 saturated carbocycles. The number of hydrogen-bond donors (Lipinski definition) is 2. The van der Waals surface area contributed by atoms with E-state index in [9.17, 15) is 9.59 Å². The highest BCUT2D eigenvalue weighted by Gasteiger charge is 2.24. The van der Waals surface area contributed by atoms with Gasteiger partial charge in [0.1, 0.15) is 0 Å². The number of ether oxygens (including phenoxy) is 1. The minimum atomic E-state index is -0.458. The first-order valence-electron chi connectivity index (χ1n) is 6.64. The maximum absolute atomic E-state index is 12.1. The Morgan fingerprint density at radius 1 is 1.30 bits per heavy atom. The first-order chi connectivity index (χ1) is 9.69. The van der Waals surface area contributed by atoms with E-state index in [1.807, 2.05) is 30.3 Å². The third kappa shape index (κ3) is 3.88. The largest absolute Gasteiger partial charge is 0.453 e. The zero-order valence-electron chi connectivity index (χ0n) is 11.5. The molecule has 1 atom stereocenters. The van der Waals surface area contributed by atoms with Gasteiger partial charge in [-0.05, 0) is 25.0 Å². The zero-order chi connectivity index (χ0) is 14.4. The van der Waals surface area contributed by atoms with E-state index in [1.54, 1.807) is 4.90 Å². The Morgan fingerprint density at radius 2 is 2.05 bits per heavy atom. The van der Waals surface area contributed by atoms with Gasteiger partial charge in [-0.3, -0.25) is 0 Å². The fraction of sp³-hybridized carbons (Fsp3) is 0.429. The van der Waals surface area contributed by atoms with Crippen molar-refractivity contribution in [2.24, 2.45) is 0 Å². The van der Waals surface area contributed by atoms with E-state index in [0.29, 0.717) is 13.1 Å². The number of nitrogens with one attached hydrogen (secondary N) is 2. The summed E-state index contributed by atoms with van der Waals surface area (Å²) in [6, 6.07) is 9.11. The Kier molecular flexibility index (Phi) is 4.81. The van der Waals surface area contributed by atoms with Crippen LogP contribution in [0.1, 0.15) is 12.8 Å². The molecule has 2 rings (SSSR count). The molecule has 0 bridgehead atoms. The predicted molar refractivity (Wildman–Crippen MR) is 75.6 cm³/mol. The number of carbonyl (C=O) groups is 2. The number of alkyl carbamates (subject to hydrolysis) is 1. The van der Waals surface area contributed by atoms with Crippen LogP contribution in [0.15, 0.2) is 30.3 Å². The standard InChI is InChI=1S/C14H19N3O3/c1-20-14(19)16-12-8-5-9-17(10-12)13(18)15-11-6-3-2-4-7-11/h2-4,6-7,12H,5,8-10H2,1H3,(H,15,18)(H,16,19). The first kappa shape index (κ1) is 14.2. The Bertz CT molecular complexity index is 464. The molecule has 3 amide bonds. The number of rotatable bonds is 2. The molecule has 0 radical (unpaired) electrons. The lowest BCUT2D eigenvalue weighted by molar-refractivity contribution is 0.152. The van der Waals surface area contributed by atoms with Crippen molar-refractivity contribution in [3.63, 3.8) is 0 Å². The van der Waals surface area contributed by atoms with Gasteiger partial charge in [0, 0.05) is 24.8 Å². The number of anilines is 1. The van der Waals surface area contributed by atoms with Crippen LogP contribution in [0.4, 0.5) is 15.3 Å². The molecule has 6 nitrogen and oxygen atoms in total. The van der Waals surface area contributed by atoms with Gasteiger partial charge in [0.25, 0.3) is 0 Å². The molecule has 1 heterocycles. The fourth-order valence-electron chi connectivity index (χ4n) is 2.23. The highest BCUT2D eigenvalue weighted by molar-refractivity contribution is 5.89. The highest BCUT2D eigenvalue weighted by atomic mass is 16.5. The molecule has 0 spiro atoms. The number of methoxy groups -OCH3 is 1. The van der Waals surface area contributed by atoms with Crippen molar-refractivity contribution >= 4 is 17.8 Å². The molecule has 0 aromatic heterocycles. The Morgan fingerprint density at radius 3 is 2.75 bits per heavy atom. The number of piperidine rings is 1. The van der Waals surface area contributed by atoms with Gasteiger partial charge in [-0.1, -0.05) is 18.2 Å². The van der Waals surface area contributed by atoms with Crippen LogP contribution < -0.4 is 10.6 Å². The maximum atomic E-state index is 12.1. The number of carbonyl (C=O) groups excluding carboxylic acids is 2. The molecule has 1 fully saturated rings. The molecule has 2 N–H and O–H groups in total. The van der Waals surface area contributed by atoms with Gasteiger partial charge >= 0.3 is 12.1 Å². The monoisotopic (exact) mass is 277 g/mol. The lowest BCUT2D eigenvalue weighted by Gasteiger charge is -2.32. The summed E-state index contributed by atoms with van der Waals surface area (Å²) in [7, 11) is 1.33. The van der Waals surface area contributed by atoms with Gasteiger partial charge in [0.05, 0.1) is 7.11 Å². The first-order valence-corrected chi connectivity index (χ1v) is 6.64. The van der Waals surface area contributed by atoms with Gasteiger partial charge in [0.2, 0.25) is 0 Å². The van der Waals surface area contributed by atoms with Crippen LogP contribution >= 0.6 is 0 Å². The lowest BCUT2D eigenvalue weighted by atomic mass is 10.1. The topological polar surface area (TPSA) is 70.7 Å². The second kappa shape index (κ2) is 6.79. The van der Waals surface area contributed by atoms with Gasteiger partial charge < -0.3 is 20.3 Å². The van der Waals surface area contributed by atoms with E-state index in [4.69, 9.17) is 0 Å². The van der Waals surface area contributed by atoms with Crippen molar-refractivity contribution in [2.75, 3.05) is 25.5 Å². The van der Waals surface area contributed by atoms with E-state index in [-0.39, 0.29) is 12.1 Å². The summed E-state index contributed by atoms with van der Waals surface area (Å²) >= 11 is 0. The average Bonchev–Trinajstić information content (AvgIpc) is 2.48. The number of amides is 3. The van der Waals surface area contributed by atoms with Gasteiger partial charge in [-0.25, -0.2) is 9.59 Å². The van der Waals surface area contributed by atoms with Crippen molar-refractivity contribution in [1.29, 1.82) is 0 Å². The molecule has 1 aliphatic heterocycles. The highest BCUT2D eigenvalue weighted by Crippen LogP contribution is 2.13. The number of urea groups is 1. The van der Waals surface area contributed by atoms with Crippen molar-refractivity contribution < 1.29 is 14.3 Å². The second-order valence-corrected chi connectivity index (χ2v) is 4.72. The van der Waals surface area contributed by atoms with Crippen molar-refractivity contribution in [2.45, 2.75) is 18.9 Å². The van der Waals surface area contributed by atoms with Crippen molar-refractivity contribution in [3.05, 3.63) is 30.3 Å². The molecule has 6 heteroatoms. The summed E-state index contributed by atoms with van der Waals surface area (Å²) in [4.78, 5) is 25.0. The summed E-state index contributed by atoms with van der Waals surface area (Å²) in [5.41, 5.74) is 0.764. The van der Waals surface area contributed by atoms with E-state index in [1.165, 1.54) is 7.11 Å². The predicted octanol–water partition coefficient (Wildman–Crippen LogP) is 2.04. The van der Waals surface area contributed by atoms with Gasteiger partial charge in [0.15, 0.2) is 0 Å². The minimum Gasteiger partial charge on any atom is -0.453 e. The van der Waals surface area contributed by atoms with Gasteiger partial charge in [-0.15, -0.1) is 0 Å². The van der Waals surface area contributed by atoms with E-state index >= 15 is 0 Å². The summed E-state index contributed by atoms with van der Waals surface area (Å²) in [6.07, 6.45) is 1.25. The Labute approximate surface area is 118 Å². The zero-order valence-corrected chi connectivity index (χ0v) is 11.5. The molecule has 1 aromatic carbocycles. The number of benzene rings is 1. The summed E-state index contributed by atoms with van der Waals surface area (Å²) in [5.74, 6) is 0. The van der Waals surface area contributed by atoms with E-state index < -0.39 is 6.09 Å². The van der Waals surface area contributed by atoms with E-state index in [0.717, 1.165) is 18.5 Å². The molecule has 1 aromatic rings. The SMILES string of the molecule is COC(=O)NC1CCCN(C(=O)Nc2ccccc2)C1. The summed E-state index contributed by atoms with van der Waals surface area (Å²) in [5, 5.41) is 5.58. The molecular weight excluding hydrogens is 258 g/mol. The normalized spacial score (nSPS) is 18.2. The molecule has 1 unspecified atom stereocenters. The molecular formula is C14H19N3O3. The smallest absolute Gasteiger partial charge is 0.407 e. The van der Waals surface area contributed by atoms with Crippen LogP contribution in [0.5, 0.6) is 0 Å². The third-order valence-corrected chi connectivity index (χ3v) is 3.24. The molecule has 0 aliphatic carbocycles. The van der Waals surface area contributed by atoms with Gasteiger partial charge in [-0.2, -0.15) is 0 Å². The number of para-hydroxylation sites is 1. The quantitative estimate of drug-likeness (QED) is 0.869.